The first-order valence-corrected chi connectivity index (χ1v) is 5.83. The molecule has 1 aromatic rings. The average Bonchev–Trinajstić information content (AvgIpc) is 2.28. The summed E-state index contributed by atoms with van der Waals surface area (Å²) in [5.41, 5.74) is 0.358. The van der Waals surface area contributed by atoms with Crippen molar-refractivity contribution in [2.75, 3.05) is 13.2 Å². The maximum absolute atomic E-state index is 13.5. The molecule has 1 aromatic carbocycles. The zero-order valence-corrected chi connectivity index (χ0v) is 10.3. The molecule has 1 N–H and O–H groups in total. The van der Waals surface area contributed by atoms with E-state index in [-0.39, 0.29) is 18.5 Å². The van der Waals surface area contributed by atoms with Crippen molar-refractivity contribution in [2.24, 2.45) is 0 Å². The van der Waals surface area contributed by atoms with Crippen LogP contribution in [0.15, 0.2) is 18.2 Å². The van der Waals surface area contributed by atoms with Gasteiger partial charge in [0.25, 0.3) is 0 Å². The van der Waals surface area contributed by atoms with Gasteiger partial charge in [0.2, 0.25) is 0 Å². The zero-order valence-electron chi connectivity index (χ0n) is 10.3. The van der Waals surface area contributed by atoms with Gasteiger partial charge < -0.3 is 5.11 Å². The largest absolute Gasteiger partial charge is 0.396 e. The van der Waals surface area contributed by atoms with Crippen LogP contribution in [-0.4, -0.2) is 29.2 Å². The molecule has 17 heavy (non-hydrogen) atoms. The Morgan fingerprint density at radius 3 is 2.59 bits per heavy atom. The second-order valence-electron chi connectivity index (χ2n) is 4.38. The molecule has 4 heteroatoms. The molecule has 0 bridgehead atoms. The zero-order chi connectivity index (χ0) is 12.8. The van der Waals surface area contributed by atoms with E-state index in [9.17, 15) is 8.78 Å². The molecule has 2 nitrogen and oxygen atoms in total. The van der Waals surface area contributed by atoms with Crippen molar-refractivity contribution in [1.29, 1.82) is 0 Å². The van der Waals surface area contributed by atoms with Crippen LogP contribution in [0.3, 0.4) is 0 Å². The Kier molecular flexibility index (Phi) is 5.51. The SMILES string of the molecule is CC(C)N(CCCO)Cc1cc(F)ccc1F. The predicted octanol–water partition coefficient (Wildman–Crippen LogP) is 2.56. The second kappa shape index (κ2) is 6.67. The van der Waals surface area contributed by atoms with Crippen LogP contribution in [0.4, 0.5) is 8.78 Å². The van der Waals surface area contributed by atoms with Crippen molar-refractivity contribution < 1.29 is 13.9 Å². The molecule has 96 valence electrons. The Hall–Kier alpha value is -1.00. The highest BCUT2D eigenvalue weighted by molar-refractivity contribution is 5.18. The quantitative estimate of drug-likeness (QED) is 0.830. The van der Waals surface area contributed by atoms with Gasteiger partial charge in [0.05, 0.1) is 0 Å². The number of nitrogens with zero attached hydrogens (tertiary/aromatic N) is 1. The average molecular weight is 243 g/mol. The van der Waals surface area contributed by atoms with Crippen LogP contribution in [0.2, 0.25) is 0 Å². The van der Waals surface area contributed by atoms with Crippen molar-refractivity contribution in [1.82, 2.24) is 4.90 Å². The highest BCUT2D eigenvalue weighted by atomic mass is 19.1. The molecule has 0 amide bonds. The summed E-state index contributed by atoms with van der Waals surface area (Å²) in [6, 6.07) is 3.72. The summed E-state index contributed by atoms with van der Waals surface area (Å²) in [7, 11) is 0. The van der Waals surface area contributed by atoms with Gasteiger partial charge in [-0.2, -0.15) is 0 Å². The van der Waals surface area contributed by atoms with Crippen LogP contribution in [0.1, 0.15) is 25.8 Å². The Balaban J connectivity index is 2.74. The molecule has 0 heterocycles. The van der Waals surface area contributed by atoms with Crippen molar-refractivity contribution in [3.63, 3.8) is 0 Å². The first-order valence-electron chi connectivity index (χ1n) is 5.83. The minimum absolute atomic E-state index is 0.106. The predicted molar refractivity (Wildman–Crippen MR) is 63.6 cm³/mol. The Labute approximate surface area is 101 Å². The van der Waals surface area contributed by atoms with Gasteiger partial charge in [0, 0.05) is 31.3 Å². The molecule has 0 aliphatic heterocycles. The lowest BCUT2D eigenvalue weighted by Gasteiger charge is -2.26. The number of aliphatic hydroxyl groups excluding tert-OH is 1. The third-order valence-electron chi connectivity index (χ3n) is 2.71. The molecule has 0 aromatic heterocycles. The number of halogens is 2. The molecule has 0 fully saturated rings. The van der Waals surface area contributed by atoms with E-state index in [1.807, 2.05) is 18.7 Å². The first-order chi connectivity index (χ1) is 8.04. The maximum atomic E-state index is 13.5. The first kappa shape index (κ1) is 14.1. The number of aliphatic hydroxyl groups is 1. The van der Waals surface area contributed by atoms with E-state index >= 15 is 0 Å². The van der Waals surface area contributed by atoms with Crippen LogP contribution < -0.4 is 0 Å². The van der Waals surface area contributed by atoms with Crippen molar-refractivity contribution in [3.05, 3.63) is 35.4 Å². The van der Waals surface area contributed by atoms with E-state index in [2.05, 4.69) is 0 Å². The van der Waals surface area contributed by atoms with Gasteiger partial charge in [-0.3, -0.25) is 4.90 Å². The van der Waals surface area contributed by atoms with Gasteiger partial charge in [-0.05, 0) is 38.5 Å². The summed E-state index contributed by atoms with van der Waals surface area (Å²) < 4.78 is 26.5. The Morgan fingerprint density at radius 1 is 1.29 bits per heavy atom. The molecule has 0 unspecified atom stereocenters. The Bertz CT molecular complexity index is 355. The van der Waals surface area contributed by atoms with Gasteiger partial charge in [-0.15, -0.1) is 0 Å². The van der Waals surface area contributed by atoms with E-state index in [1.54, 1.807) is 0 Å². The molecule has 0 aliphatic carbocycles. The summed E-state index contributed by atoms with van der Waals surface area (Å²) >= 11 is 0. The molecule has 0 saturated carbocycles. The van der Waals surface area contributed by atoms with Crippen LogP contribution in [0.5, 0.6) is 0 Å². The van der Waals surface area contributed by atoms with Crippen molar-refractivity contribution in [2.45, 2.75) is 32.9 Å². The monoisotopic (exact) mass is 243 g/mol. The van der Waals surface area contributed by atoms with Gasteiger partial charge in [0.1, 0.15) is 11.6 Å². The van der Waals surface area contributed by atoms with Crippen LogP contribution >= 0.6 is 0 Å². The standard InChI is InChI=1S/C13H19F2NO/c1-10(2)16(6-3-7-17)9-11-8-12(14)4-5-13(11)15/h4-5,8,10,17H,3,6-7,9H2,1-2H3. The normalized spacial score (nSPS) is 11.5. The van der Waals surface area contributed by atoms with Gasteiger partial charge in [-0.25, -0.2) is 8.78 Å². The van der Waals surface area contributed by atoms with Gasteiger partial charge in [-0.1, -0.05) is 0 Å². The summed E-state index contributed by atoms with van der Waals surface area (Å²) in [6.07, 6.45) is 0.634. The van der Waals surface area contributed by atoms with Crippen LogP contribution in [0, 0.1) is 11.6 Å². The highest BCUT2D eigenvalue weighted by Crippen LogP contribution is 2.14. The summed E-state index contributed by atoms with van der Waals surface area (Å²) in [5.74, 6) is -0.812. The molecular formula is C13H19F2NO. The number of hydrogen-bond acceptors (Lipinski definition) is 2. The third kappa shape index (κ3) is 4.40. The summed E-state index contributed by atoms with van der Waals surface area (Å²) in [4.78, 5) is 2.01. The third-order valence-corrected chi connectivity index (χ3v) is 2.71. The lowest BCUT2D eigenvalue weighted by molar-refractivity contribution is 0.183. The van der Waals surface area contributed by atoms with E-state index in [0.717, 1.165) is 12.1 Å². The molecule has 0 spiro atoms. The van der Waals surface area contributed by atoms with Gasteiger partial charge in [0.15, 0.2) is 0 Å². The smallest absolute Gasteiger partial charge is 0.127 e. The van der Waals surface area contributed by atoms with Gasteiger partial charge >= 0.3 is 0 Å². The van der Waals surface area contributed by atoms with Crippen molar-refractivity contribution >= 4 is 0 Å². The van der Waals surface area contributed by atoms with E-state index in [4.69, 9.17) is 5.11 Å². The number of rotatable bonds is 6. The number of benzene rings is 1. The fourth-order valence-electron chi connectivity index (χ4n) is 1.68. The molecule has 1 rings (SSSR count). The summed E-state index contributed by atoms with van der Waals surface area (Å²) in [5, 5.41) is 8.80. The lowest BCUT2D eigenvalue weighted by Crippen LogP contribution is -2.32. The molecule has 0 radical (unpaired) electrons. The maximum Gasteiger partial charge on any atom is 0.127 e. The van der Waals surface area contributed by atoms with Crippen LogP contribution in [-0.2, 0) is 6.54 Å². The fourth-order valence-corrected chi connectivity index (χ4v) is 1.68. The number of hydrogen-bond donors (Lipinski definition) is 1. The highest BCUT2D eigenvalue weighted by Gasteiger charge is 2.12. The topological polar surface area (TPSA) is 23.5 Å². The van der Waals surface area contributed by atoms with E-state index in [1.165, 1.54) is 6.07 Å². The lowest BCUT2D eigenvalue weighted by atomic mass is 10.1. The fraction of sp³-hybridized carbons (Fsp3) is 0.538. The second-order valence-corrected chi connectivity index (χ2v) is 4.38. The van der Waals surface area contributed by atoms with E-state index in [0.29, 0.717) is 25.1 Å². The van der Waals surface area contributed by atoms with E-state index < -0.39 is 5.82 Å². The molecule has 0 atom stereocenters. The molecular weight excluding hydrogens is 224 g/mol. The minimum atomic E-state index is -0.424. The minimum Gasteiger partial charge on any atom is -0.396 e. The summed E-state index contributed by atoms with van der Waals surface area (Å²) in [6.45, 7) is 5.13. The van der Waals surface area contributed by atoms with Crippen molar-refractivity contribution in [3.8, 4) is 0 Å². The molecule has 0 aliphatic rings. The Morgan fingerprint density at radius 2 is 2.00 bits per heavy atom. The molecule has 0 saturated heterocycles. The van der Waals surface area contributed by atoms with Crippen LogP contribution in [0.25, 0.3) is 0 Å².